The van der Waals surface area contributed by atoms with Crippen molar-refractivity contribution in [3.63, 3.8) is 0 Å². The third kappa shape index (κ3) is 5.14. The zero-order chi connectivity index (χ0) is 14.6. The summed E-state index contributed by atoms with van der Waals surface area (Å²) in [5.41, 5.74) is 0. The van der Waals surface area contributed by atoms with Crippen molar-refractivity contribution in [3.8, 4) is 0 Å². The fraction of sp³-hybridized carbons (Fsp3) is 0.923. The average molecular weight is 310 g/mol. The van der Waals surface area contributed by atoms with Crippen LogP contribution in [-0.2, 0) is 20.9 Å². The molecule has 0 radical (unpaired) electrons. The molecule has 1 N–H and O–H groups in total. The smallest absolute Gasteiger partial charge is 0.308 e. The molecule has 4 atom stereocenters. The van der Waals surface area contributed by atoms with Crippen LogP contribution in [0.1, 0.15) is 47.0 Å². The molecule has 0 spiro atoms. The molecule has 19 heavy (non-hydrogen) atoms. The number of rotatable bonds is 4. The molecule has 6 heteroatoms. The zero-order valence-electron chi connectivity index (χ0n) is 12.1. The molecule has 0 aliphatic heterocycles. The largest absolute Gasteiger partial charge is 0.598 e. The van der Waals surface area contributed by atoms with Gasteiger partial charge in [0.15, 0.2) is 0 Å². The molecule has 1 rings (SSSR count). The van der Waals surface area contributed by atoms with E-state index in [9.17, 15) is 9.35 Å². The molecule has 112 valence electrons. The second-order valence-electron chi connectivity index (χ2n) is 5.88. The van der Waals surface area contributed by atoms with E-state index in [0.29, 0.717) is 13.0 Å². The van der Waals surface area contributed by atoms with E-state index >= 15 is 0 Å². The summed E-state index contributed by atoms with van der Waals surface area (Å²) in [4.78, 5) is 11.7. The van der Waals surface area contributed by atoms with Crippen LogP contribution in [0.25, 0.3) is 0 Å². The molecule has 0 heterocycles. The van der Waals surface area contributed by atoms with Gasteiger partial charge in [0.1, 0.15) is 4.75 Å². The van der Waals surface area contributed by atoms with Crippen molar-refractivity contribution in [2.24, 2.45) is 5.92 Å². The Morgan fingerprint density at radius 2 is 2.11 bits per heavy atom. The minimum absolute atomic E-state index is 0.00704. The molecule has 1 fully saturated rings. The van der Waals surface area contributed by atoms with Crippen molar-refractivity contribution >= 4 is 28.9 Å². The summed E-state index contributed by atoms with van der Waals surface area (Å²) in [7, 11) is 0. The van der Waals surface area contributed by atoms with Gasteiger partial charge in [0.05, 0.1) is 23.9 Å². The number of carbonyl (C=O) groups excluding carboxylic acids is 1. The molecule has 1 unspecified atom stereocenters. The summed E-state index contributed by atoms with van der Waals surface area (Å²) in [5, 5.41) is -0.186. The maximum atomic E-state index is 12.0. The molecular formula is C13H24ClNO3S. The number of hydrogen-bond acceptors (Lipinski definition) is 4. The summed E-state index contributed by atoms with van der Waals surface area (Å²) in [5.74, 6) is -0.285. The third-order valence-electron chi connectivity index (χ3n) is 3.21. The average Bonchev–Trinajstić information content (AvgIpc) is 2.30. The van der Waals surface area contributed by atoms with E-state index in [1.807, 2.05) is 20.8 Å². The Labute approximate surface area is 123 Å². The highest BCUT2D eigenvalue weighted by Gasteiger charge is 2.38. The van der Waals surface area contributed by atoms with E-state index in [4.69, 9.17) is 16.3 Å². The second-order valence-corrected chi connectivity index (χ2v) is 8.44. The van der Waals surface area contributed by atoms with Crippen molar-refractivity contribution in [3.05, 3.63) is 0 Å². The second kappa shape index (κ2) is 7.16. The Kier molecular flexibility index (Phi) is 6.43. The molecule has 1 aliphatic carbocycles. The molecule has 1 saturated carbocycles. The van der Waals surface area contributed by atoms with Crippen LogP contribution in [0.2, 0.25) is 0 Å². The number of halogens is 1. The van der Waals surface area contributed by atoms with E-state index in [-0.39, 0.29) is 28.1 Å². The lowest BCUT2D eigenvalue weighted by molar-refractivity contribution is -0.149. The summed E-state index contributed by atoms with van der Waals surface area (Å²) >= 11 is 5.18. The van der Waals surface area contributed by atoms with Crippen LogP contribution in [0.15, 0.2) is 0 Å². The monoisotopic (exact) mass is 309 g/mol. The lowest BCUT2D eigenvalue weighted by atomic mass is 9.86. The summed E-state index contributed by atoms with van der Waals surface area (Å²) < 4.78 is 19.8. The first-order chi connectivity index (χ1) is 8.75. The molecule has 0 bridgehead atoms. The van der Waals surface area contributed by atoms with Crippen molar-refractivity contribution in [1.29, 1.82) is 0 Å². The number of alkyl halides is 1. The fourth-order valence-electron chi connectivity index (χ4n) is 2.04. The van der Waals surface area contributed by atoms with Crippen LogP contribution >= 0.6 is 11.6 Å². The first-order valence-corrected chi connectivity index (χ1v) is 8.33. The van der Waals surface area contributed by atoms with Gasteiger partial charge in [-0.05, 0) is 47.0 Å². The molecule has 4 nitrogen and oxygen atoms in total. The number of nitrogens with one attached hydrogen (secondary N) is 1. The fourth-order valence-corrected chi connectivity index (χ4v) is 3.43. The van der Waals surface area contributed by atoms with Gasteiger partial charge in [-0.2, -0.15) is 0 Å². The van der Waals surface area contributed by atoms with Gasteiger partial charge < -0.3 is 9.29 Å². The minimum atomic E-state index is -1.13. The van der Waals surface area contributed by atoms with Gasteiger partial charge >= 0.3 is 5.97 Å². The highest BCUT2D eigenvalue weighted by atomic mass is 35.5. The zero-order valence-corrected chi connectivity index (χ0v) is 13.6. The Balaban J connectivity index is 2.48. The number of esters is 1. The van der Waals surface area contributed by atoms with Gasteiger partial charge in [0.25, 0.3) is 0 Å². The molecule has 0 saturated heterocycles. The molecule has 0 aromatic heterocycles. The van der Waals surface area contributed by atoms with E-state index in [0.717, 1.165) is 12.8 Å². The van der Waals surface area contributed by atoms with E-state index < -0.39 is 11.4 Å². The van der Waals surface area contributed by atoms with Crippen LogP contribution < -0.4 is 4.72 Å². The van der Waals surface area contributed by atoms with Gasteiger partial charge in [-0.15, -0.1) is 16.3 Å². The van der Waals surface area contributed by atoms with Crippen molar-refractivity contribution in [2.45, 2.75) is 63.1 Å². The maximum absolute atomic E-state index is 12.0. The Morgan fingerprint density at radius 1 is 1.47 bits per heavy atom. The normalized spacial score (nSPS) is 29.9. The SMILES string of the molecule is CCOC(=O)[C@H]1CC[C@H](N[S+]([O-])C(C)(C)C)[C@@H](Cl)C1. The van der Waals surface area contributed by atoms with Crippen LogP contribution in [0.4, 0.5) is 0 Å². The Hall–Kier alpha value is 0.0300. The minimum Gasteiger partial charge on any atom is -0.598 e. The van der Waals surface area contributed by atoms with Crippen LogP contribution in [0.5, 0.6) is 0 Å². The summed E-state index contributed by atoms with van der Waals surface area (Å²) in [6, 6.07) is -0.00704. The molecule has 0 amide bonds. The van der Waals surface area contributed by atoms with E-state index in [1.54, 1.807) is 6.92 Å². The van der Waals surface area contributed by atoms with Crippen molar-refractivity contribution in [1.82, 2.24) is 4.72 Å². The molecule has 1 aliphatic rings. The van der Waals surface area contributed by atoms with Gasteiger partial charge in [0.2, 0.25) is 0 Å². The van der Waals surface area contributed by atoms with Gasteiger partial charge in [-0.25, -0.2) is 0 Å². The first-order valence-electron chi connectivity index (χ1n) is 6.74. The first kappa shape index (κ1) is 17.1. The predicted molar refractivity (Wildman–Crippen MR) is 78.4 cm³/mol. The number of carbonyl (C=O) groups is 1. The van der Waals surface area contributed by atoms with Gasteiger partial charge in [0, 0.05) is 11.4 Å². The number of ether oxygens (including phenoxy) is 1. The quantitative estimate of drug-likeness (QED) is 0.492. The van der Waals surface area contributed by atoms with Crippen LogP contribution in [0, 0.1) is 5.92 Å². The molecular weight excluding hydrogens is 286 g/mol. The highest BCUT2D eigenvalue weighted by molar-refractivity contribution is 7.90. The van der Waals surface area contributed by atoms with Crippen LogP contribution in [0.3, 0.4) is 0 Å². The number of hydrogen-bond donors (Lipinski definition) is 1. The standard InChI is InChI=1S/C13H24ClNO3S/c1-5-18-12(16)9-6-7-11(10(14)8-9)15-19(17)13(2,3)4/h9-11,15H,5-8H2,1-4H3/t9-,10-,11-,19?/m0/s1. The van der Waals surface area contributed by atoms with Crippen molar-refractivity contribution < 1.29 is 14.1 Å². The third-order valence-corrected chi connectivity index (χ3v) is 5.32. The van der Waals surface area contributed by atoms with E-state index in [1.165, 1.54) is 0 Å². The molecule has 0 aromatic carbocycles. The lowest BCUT2D eigenvalue weighted by Gasteiger charge is -2.34. The highest BCUT2D eigenvalue weighted by Crippen LogP contribution is 2.30. The molecule has 0 aromatic rings. The lowest BCUT2D eigenvalue weighted by Crippen LogP contribution is -2.50. The summed E-state index contributed by atoms with van der Waals surface area (Å²) in [6.07, 6.45) is 2.07. The Morgan fingerprint density at radius 3 is 2.58 bits per heavy atom. The maximum Gasteiger partial charge on any atom is 0.308 e. The van der Waals surface area contributed by atoms with Crippen LogP contribution in [-0.4, -0.2) is 33.3 Å². The summed E-state index contributed by atoms with van der Waals surface area (Å²) in [6.45, 7) is 7.96. The Bertz CT molecular complexity index is 309. The van der Waals surface area contributed by atoms with E-state index in [2.05, 4.69) is 4.72 Å². The van der Waals surface area contributed by atoms with Crippen molar-refractivity contribution in [2.75, 3.05) is 6.61 Å². The topological polar surface area (TPSA) is 61.4 Å². The predicted octanol–water partition coefficient (Wildman–Crippen LogP) is 2.38. The van der Waals surface area contributed by atoms with Gasteiger partial charge in [-0.3, -0.25) is 4.79 Å². The van der Waals surface area contributed by atoms with Gasteiger partial charge in [-0.1, -0.05) is 0 Å².